The van der Waals surface area contributed by atoms with Crippen molar-refractivity contribution in [3.63, 3.8) is 0 Å². The number of ether oxygens (including phenoxy) is 1. The number of nitrogens with zero attached hydrogens (tertiary/aromatic N) is 2. The summed E-state index contributed by atoms with van der Waals surface area (Å²) >= 11 is 11.8. The van der Waals surface area contributed by atoms with Gasteiger partial charge in [0.1, 0.15) is 5.75 Å². The van der Waals surface area contributed by atoms with Crippen LogP contribution in [0.5, 0.6) is 5.75 Å². The van der Waals surface area contributed by atoms with Gasteiger partial charge < -0.3 is 9.64 Å². The molecule has 1 aliphatic heterocycles. The van der Waals surface area contributed by atoms with Crippen LogP contribution in [0.2, 0.25) is 10.0 Å². The highest BCUT2D eigenvalue weighted by Gasteiger charge is 2.29. The van der Waals surface area contributed by atoms with Gasteiger partial charge in [0, 0.05) is 26.2 Å². The third-order valence-electron chi connectivity index (χ3n) is 4.19. The Bertz CT molecular complexity index is 866. The van der Waals surface area contributed by atoms with E-state index in [9.17, 15) is 8.42 Å². The molecule has 134 valence electrons. The molecular formula is C17H18Cl2N2O3S. The summed E-state index contributed by atoms with van der Waals surface area (Å²) in [5.74, 6) is 0.781. The standard InChI is InChI=1S/C17H18Cl2N2O3S/c1-24-17-5-3-2-4-16(17)20-8-10-21(11-9-20)25(22,23)13-6-7-14(18)15(19)12-13/h2-7,12H,8-11H2,1H3. The van der Waals surface area contributed by atoms with E-state index in [4.69, 9.17) is 27.9 Å². The second kappa shape index (κ2) is 7.41. The number of anilines is 1. The van der Waals surface area contributed by atoms with Crippen LogP contribution in [0.4, 0.5) is 5.69 Å². The zero-order valence-electron chi connectivity index (χ0n) is 13.7. The minimum Gasteiger partial charge on any atom is -0.495 e. The number of benzene rings is 2. The Morgan fingerprint density at radius 2 is 1.64 bits per heavy atom. The Morgan fingerprint density at radius 1 is 0.960 bits per heavy atom. The predicted octanol–water partition coefficient (Wildman–Crippen LogP) is 3.51. The first kappa shape index (κ1) is 18.3. The number of halogens is 2. The van der Waals surface area contributed by atoms with Crippen molar-refractivity contribution in [3.05, 3.63) is 52.5 Å². The van der Waals surface area contributed by atoms with Crippen molar-refractivity contribution in [2.24, 2.45) is 0 Å². The summed E-state index contributed by atoms with van der Waals surface area (Å²) in [6, 6.07) is 12.1. The Balaban J connectivity index is 1.76. The molecular weight excluding hydrogens is 383 g/mol. The summed E-state index contributed by atoms with van der Waals surface area (Å²) in [6.45, 7) is 1.95. The Morgan fingerprint density at radius 3 is 2.28 bits per heavy atom. The third-order valence-corrected chi connectivity index (χ3v) is 6.83. The fraction of sp³-hybridized carbons (Fsp3) is 0.294. The second-order valence-electron chi connectivity index (χ2n) is 5.64. The molecule has 1 saturated heterocycles. The minimum absolute atomic E-state index is 0.160. The molecule has 5 nitrogen and oxygen atoms in total. The Hall–Kier alpha value is -1.47. The highest BCUT2D eigenvalue weighted by molar-refractivity contribution is 7.89. The lowest BCUT2D eigenvalue weighted by Gasteiger charge is -2.35. The first-order valence-electron chi connectivity index (χ1n) is 7.76. The van der Waals surface area contributed by atoms with Crippen molar-refractivity contribution in [2.75, 3.05) is 38.2 Å². The molecule has 8 heteroatoms. The molecule has 0 amide bonds. The van der Waals surface area contributed by atoms with E-state index in [1.165, 1.54) is 22.5 Å². The lowest BCUT2D eigenvalue weighted by molar-refractivity contribution is 0.378. The topological polar surface area (TPSA) is 49.9 Å². The van der Waals surface area contributed by atoms with Gasteiger partial charge in [-0.2, -0.15) is 4.31 Å². The van der Waals surface area contributed by atoms with Crippen LogP contribution in [-0.4, -0.2) is 46.0 Å². The highest BCUT2D eigenvalue weighted by atomic mass is 35.5. The number of hydrogen-bond acceptors (Lipinski definition) is 4. The molecule has 0 atom stereocenters. The lowest BCUT2D eigenvalue weighted by Crippen LogP contribution is -2.48. The maximum absolute atomic E-state index is 12.8. The third kappa shape index (κ3) is 3.72. The average molecular weight is 401 g/mol. The van der Waals surface area contributed by atoms with Crippen LogP contribution in [0, 0.1) is 0 Å². The molecule has 1 aliphatic rings. The van der Waals surface area contributed by atoms with Gasteiger partial charge in [0.25, 0.3) is 0 Å². The van der Waals surface area contributed by atoms with Gasteiger partial charge in [-0.3, -0.25) is 0 Å². The molecule has 25 heavy (non-hydrogen) atoms. The van der Waals surface area contributed by atoms with Crippen molar-refractivity contribution in [2.45, 2.75) is 4.90 Å². The van der Waals surface area contributed by atoms with E-state index in [0.29, 0.717) is 31.2 Å². The summed E-state index contributed by atoms with van der Waals surface area (Å²) in [6.07, 6.45) is 0. The van der Waals surface area contributed by atoms with Gasteiger partial charge >= 0.3 is 0 Å². The van der Waals surface area contributed by atoms with Gasteiger partial charge in [-0.15, -0.1) is 0 Å². The molecule has 0 bridgehead atoms. The van der Waals surface area contributed by atoms with Gasteiger partial charge in [-0.25, -0.2) is 8.42 Å². The second-order valence-corrected chi connectivity index (χ2v) is 8.39. The van der Waals surface area contributed by atoms with Crippen molar-refractivity contribution < 1.29 is 13.2 Å². The summed E-state index contributed by atoms with van der Waals surface area (Å²) < 4.78 is 32.5. The monoisotopic (exact) mass is 400 g/mol. The van der Waals surface area contributed by atoms with E-state index < -0.39 is 10.0 Å². The first-order valence-corrected chi connectivity index (χ1v) is 9.96. The van der Waals surface area contributed by atoms with Gasteiger partial charge in [-0.1, -0.05) is 35.3 Å². The molecule has 2 aromatic rings. The zero-order chi connectivity index (χ0) is 18.0. The van der Waals surface area contributed by atoms with Gasteiger partial charge in [0.15, 0.2) is 0 Å². The van der Waals surface area contributed by atoms with Gasteiger partial charge in [0.05, 0.1) is 27.7 Å². The van der Waals surface area contributed by atoms with Crippen LogP contribution in [0.1, 0.15) is 0 Å². The predicted molar refractivity (Wildman–Crippen MR) is 100 cm³/mol. The molecule has 0 saturated carbocycles. The number of rotatable bonds is 4. The smallest absolute Gasteiger partial charge is 0.243 e. The van der Waals surface area contributed by atoms with E-state index in [0.717, 1.165) is 11.4 Å². The molecule has 0 radical (unpaired) electrons. The van der Waals surface area contributed by atoms with Crippen molar-refractivity contribution in [3.8, 4) is 5.75 Å². The maximum Gasteiger partial charge on any atom is 0.243 e. The molecule has 0 N–H and O–H groups in total. The first-order chi connectivity index (χ1) is 11.9. The summed E-state index contributed by atoms with van der Waals surface area (Å²) in [5, 5.41) is 0.567. The minimum atomic E-state index is -3.59. The van der Waals surface area contributed by atoms with Crippen LogP contribution >= 0.6 is 23.2 Å². The molecule has 0 aromatic heterocycles. The van der Waals surface area contributed by atoms with Crippen LogP contribution in [-0.2, 0) is 10.0 Å². The lowest BCUT2D eigenvalue weighted by atomic mass is 10.2. The van der Waals surface area contributed by atoms with E-state index >= 15 is 0 Å². The van der Waals surface area contributed by atoms with E-state index in [2.05, 4.69) is 4.90 Å². The Kier molecular flexibility index (Phi) is 5.43. The molecule has 1 fully saturated rings. The number of sulfonamides is 1. The zero-order valence-corrected chi connectivity index (χ0v) is 16.0. The van der Waals surface area contributed by atoms with Crippen molar-refractivity contribution in [1.29, 1.82) is 0 Å². The SMILES string of the molecule is COc1ccccc1N1CCN(S(=O)(=O)c2ccc(Cl)c(Cl)c2)CC1. The van der Waals surface area contributed by atoms with Crippen LogP contribution in [0.25, 0.3) is 0 Å². The van der Waals surface area contributed by atoms with Crippen LogP contribution in [0.15, 0.2) is 47.4 Å². The van der Waals surface area contributed by atoms with E-state index in [1.54, 1.807) is 7.11 Å². The number of methoxy groups -OCH3 is 1. The molecule has 2 aromatic carbocycles. The number of hydrogen-bond donors (Lipinski definition) is 0. The summed E-state index contributed by atoms with van der Waals surface area (Å²) in [7, 11) is -1.96. The highest BCUT2D eigenvalue weighted by Crippen LogP contribution is 2.30. The van der Waals surface area contributed by atoms with Crippen molar-refractivity contribution >= 4 is 38.9 Å². The summed E-state index contributed by atoms with van der Waals surface area (Å²) in [4.78, 5) is 2.28. The van der Waals surface area contributed by atoms with Gasteiger partial charge in [0.2, 0.25) is 10.0 Å². The number of para-hydroxylation sites is 2. The molecule has 0 spiro atoms. The quantitative estimate of drug-likeness (QED) is 0.787. The largest absolute Gasteiger partial charge is 0.495 e. The van der Waals surface area contributed by atoms with Crippen LogP contribution in [0.3, 0.4) is 0 Å². The maximum atomic E-state index is 12.8. The molecule has 1 heterocycles. The molecule has 0 unspecified atom stereocenters. The molecule has 0 aliphatic carbocycles. The normalized spacial score (nSPS) is 16.0. The molecule has 3 rings (SSSR count). The number of piperazine rings is 1. The fourth-order valence-electron chi connectivity index (χ4n) is 2.85. The van der Waals surface area contributed by atoms with Crippen LogP contribution < -0.4 is 9.64 Å². The Labute approximate surface area is 157 Å². The van der Waals surface area contributed by atoms with Gasteiger partial charge in [-0.05, 0) is 30.3 Å². The van der Waals surface area contributed by atoms with E-state index in [1.807, 2.05) is 24.3 Å². The summed E-state index contributed by atoms with van der Waals surface area (Å²) in [5.41, 5.74) is 0.969. The van der Waals surface area contributed by atoms with E-state index in [-0.39, 0.29) is 9.92 Å². The average Bonchev–Trinajstić information content (AvgIpc) is 2.64. The van der Waals surface area contributed by atoms with Crippen molar-refractivity contribution in [1.82, 2.24) is 4.31 Å². The fourth-order valence-corrected chi connectivity index (χ4v) is 4.66.